The van der Waals surface area contributed by atoms with Gasteiger partial charge in [0, 0.05) is 31.6 Å². The van der Waals surface area contributed by atoms with Gasteiger partial charge in [0.1, 0.15) is 0 Å². The van der Waals surface area contributed by atoms with E-state index < -0.39 is 35.0 Å². The van der Waals surface area contributed by atoms with Crippen LogP contribution in [0.2, 0.25) is 0 Å². The Labute approximate surface area is 300 Å². The van der Waals surface area contributed by atoms with Crippen LogP contribution in [0.15, 0.2) is 88.9 Å². The number of likely N-dealkylation sites (tertiary alicyclic amines) is 2. The van der Waals surface area contributed by atoms with Crippen LogP contribution in [0, 0.1) is 29.1 Å². The van der Waals surface area contributed by atoms with Crippen LogP contribution in [0.5, 0.6) is 11.5 Å². The summed E-state index contributed by atoms with van der Waals surface area (Å²) in [6.07, 6.45) is 4.19. The monoisotopic (exact) mass is 737 g/mol. The maximum atomic E-state index is 14.6. The van der Waals surface area contributed by atoms with Gasteiger partial charge in [-0.2, -0.15) is 0 Å². The molecule has 0 radical (unpaired) electrons. The van der Waals surface area contributed by atoms with E-state index in [1.807, 2.05) is 31.2 Å². The van der Waals surface area contributed by atoms with Gasteiger partial charge in [-0.1, -0.05) is 60.2 Å². The molecule has 3 aliphatic heterocycles. The van der Waals surface area contributed by atoms with Crippen molar-refractivity contribution in [2.24, 2.45) is 29.1 Å². The molecule has 258 valence electrons. The average molecular weight is 739 g/mol. The second-order valence-electron chi connectivity index (χ2n) is 14.6. The van der Waals surface area contributed by atoms with Crippen molar-refractivity contribution in [3.05, 3.63) is 100 Å². The van der Waals surface area contributed by atoms with E-state index in [4.69, 9.17) is 4.74 Å². The Bertz CT molecular complexity index is 1910. The van der Waals surface area contributed by atoms with Gasteiger partial charge in [-0.25, -0.2) is 4.90 Å². The number of carbonyl (C=O) groups excluding carboxylic acids is 4. The predicted octanol–water partition coefficient (Wildman–Crippen LogP) is 6.06. The number of benzene rings is 3. The molecule has 3 saturated heterocycles. The number of phenolic OH excluding ortho intramolecular Hbond substituents is 1. The number of aromatic hydroxyl groups is 1. The highest BCUT2D eigenvalue weighted by Crippen LogP contribution is 2.64. The Morgan fingerprint density at radius 2 is 1.58 bits per heavy atom. The van der Waals surface area contributed by atoms with E-state index in [0.29, 0.717) is 28.6 Å². The van der Waals surface area contributed by atoms with E-state index >= 15 is 0 Å². The minimum atomic E-state index is -1.18. The summed E-state index contributed by atoms with van der Waals surface area (Å²) in [6, 6.07) is 22.6. The summed E-state index contributed by atoms with van der Waals surface area (Å²) in [7, 11) is 1.47. The Balaban J connectivity index is 1.14. The molecule has 8 rings (SSSR count). The summed E-state index contributed by atoms with van der Waals surface area (Å²) in [5.74, 6) is -3.51. The van der Waals surface area contributed by atoms with Gasteiger partial charge >= 0.3 is 0 Å². The van der Waals surface area contributed by atoms with Gasteiger partial charge in [0.25, 0.3) is 0 Å². The van der Waals surface area contributed by atoms with Crippen LogP contribution in [0.1, 0.15) is 49.7 Å². The number of allylic oxidation sites excluding steroid dienone is 2. The fraction of sp³-hybridized carbons (Fsp3) is 0.400. The summed E-state index contributed by atoms with van der Waals surface area (Å²) in [5, 5.41) is 10.7. The molecular weight excluding hydrogens is 698 g/mol. The van der Waals surface area contributed by atoms with E-state index in [1.54, 1.807) is 41.3 Å². The Kier molecular flexibility index (Phi) is 8.22. The molecule has 50 heavy (non-hydrogen) atoms. The molecule has 0 unspecified atom stereocenters. The van der Waals surface area contributed by atoms with Crippen LogP contribution in [-0.2, 0) is 25.7 Å². The molecule has 10 heteroatoms. The van der Waals surface area contributed by atoms with Crippen LogP contribution in [0.4, 0.5) is 5.69 Å². The van der Waals surface area contributed by atoms with E-state index in [9.17, 15) is 24.3 Å². The van der Waals surface area contributed by atoms with Crippen molar-refractivity contribution in [2.45, 2.75) is 51.1 Å². The van der Waals surface area contributed by atoms with Crippen molar-refractivity contribution in [1.82, 2.24) is 9.80 Å². The number of amides is 4. The quantitative estimate of drug-likeness (QED) is 0.242. The molecule has 9 nitrogen and oxygen atoms in total. The number of methoxy groups -OCH3 is 1. The first-order chi connectivity index (χ1) is 24.1. The summed E-state index contributed by atoms with van der Waals surface area (Å²) in [4.78, 5) is 63.0. The summed E-state index contributed by atoms with van der Waals surface area (Å²) < 4.78 is 5.93. The number of phenols is 1. The maximum absolute atomic E-state index is 14.6. The largest absolute Gasteiger partial charge is 0.503 e. The summed E-state index contributed by atoms with van der Waals surface area (Å²) in [5.41, 5.74) is 2.17. The minimum absolute atomic E-state index is 0.0650. The number of hydrogen-bond donors (Lipinski definition) is 1. The van der Waals surface area contributed by atoms with Crippen molar-refractivity contribution in [2.75, 3.05) is 25.1 Å². The first kappa shape index (κ1) is 32.9. The molecule has 3 aromatic carbocycles. The number of halogens is 1. The van der Waals surface area contributed by atoms with Gasteiger partial charge in [-0.15, -0.1) is 0 Å². The topological polar surface area (TPSA) is 107 Å². The standard InChI is InChI=1S/C40H40BrN3O6/c1-40-30(37(47)44(39(40)49)25-11-7-4-8-12-25)21-29-27(34(40)24-19-31(41)35(45)32(20-24)50-2)13-14-28-33(29)38(48)43(36(28)46)26-15-17-42(18-16-26)22-23-9-5-3-6-10-23/h3-13,19-20,26,28-30,33-34,45H,14-18,21-22H2,1-2H3/t28-,29+,30-,33-,34-,40+/m0/s1. The average Bonchev–Trinajstić information content (AvgIpc) is 3.50. The number of fused-ring (bicyclic) bond motifs is 4. The van der Waals surface area contributed by atoms with Crippen molar-refractivity contribution in [1.29, 1.82) is 0 Å². The predicted molar refractivity (Wildman–Crippen MR) is 190 cm³/mol. The second kappa shape index (κ2) is 12.5. The van der Waals surface area contributed by atoms with Gasteiger partial charge in [0.15, 0.2) is 11.5 Å². The molecule has 0 aromatic heterocycles. The highest BCUT2D eigenvalue weighted by Gasteiger charge is 2.68. The number of imide groups is 2. The molecule has 4 fully saturated rings. The zero-order valence-electron chi connectivity index (χ0n) is 28.1. The number of nitrogens with zero attached hydrogens (tertiary/aromatic N) is 3. The number of ether oxygens (including phenoxy) is 1. The van der Waals surface area contributed by atoms with Crippen LogP contribution >= 0.6 is 15.9 Å². The number of para-hydroxylation sites is 1. The van der Waals surface area contributed by atoms with Gasteiger partial charge in [-0.05, 0) is 89.8 Å². The van der Waals surface area contributed by atoms with Crippen molar-refractivity contribution in [3.63, 3.8) is 0 Å². The SMILES string of the molecule is COc1cc([C@H]2C3=CC[C@@H]4C(=O)N(C5CCN(Cc6ccccc6)CC5)C(=O)[C@@H]4[C@@H]3C[C@H]3C(=O)N(c4ccccc4)C(=O)[C@@]23C)cc(Br)c1O. The van der Waals surface area contributed by atoms with Gasteiger partial charge in [0.05, 0.1) is 40.4 Å². The smallest absolute Gasteiger partial charge is 0.241 e. The molecule has 6 atom stereocenters. The Hall–Kier alpha value is -4.28. The van der Waals surface area contributed by atoms with E-state index in [-0.39, 0.29) is 41.2 Å². The molecule has 3 heterocycles. The molecule has 5 aliphatic rings. The van der Waals surface area contributed by atoms with E-state index in [0.717, 1.165) is 38.0 Å². The lowest BCUT2D eigenvalue weighted by Gasteiger charge is -2.49. The lowest BCUT2D eigenvalue weighted by atomic mass is 9.51. The number of anilines is 1. The normalized spacial score (nSPS) is 29.9. The fourth-order valence-electron chi connectivity index (χ4n) is 9.70. The minimum Gasteiger partial charge on any atom is -0.503 e. The Morgan fingerprint density at radius 1 is 0.900 bits per heavy atom. The molecule has 1 N–H and O–H groups in total. The van der Waals surface area contributed by atoms with Crippen molar-refractivity contribution >= 4 is 45.2 Å². The molecule has 3 aromatic rings. The lowest BCUT2D eigenvalue weighted by Crippen LogP contribution is -2.49. The molecule has 2 aliphatic carbocycles. The van der Waals surface area contributed by atoms with Crippen LogP contribution < -0.4 is 9.64 Å². The number of rotatable bonds is 6. The lowest BCUT2D eigenvalue weighted by molar-refractivity contribution is -0.144. The molecule has 1 saturated carbocycles. The highest BCUT2D eigenvalue weighted by molar-refractivity contribution is 9.10. The van der Waals surface area contributed by atoms with Crippen LogP contribution in [0.25, 0.3) is 0 Å². The van der Waals surface area contributed by atoms with Crippen molar-refractivity contribution < 1.29 is 29.0 Å². The zero-order valence-corrected chi connectivity index (χ0v) is 29.7. The zero-order chi connectivity index (χ0) is 34.9. The van der Waals surface area contributed by atoms with E-state index in [1.165, 1.54) is 17.6 Å². The van der Waals surface area contributed by atoms with Gasteiger partial charge in [0.2, 0.25) is 23.6 Å². The molecule has 4 amide bonds. The highest BCUT2D eigenvalue weighted by atomic mass is 79.9. The van der Waals surface area contributed by atoms with Crippen molar-refractivity contribution in [3.8, 4) is 11.5 Å². The summed E-state index contributed by atoms with van der Waals surface area (Å²) >= 11 is 3.47. The van der Waals surface area contributed by atoms with Crippen LogP contribution in [0.3, 0.4) is 0 Å². The fourth-order valence-corrected chi connectivity index (χ4v) is 10.2. The third-order valence-electron chi connectivity index (χ3n) is 12.1. The maximum Gasteiger partial charge on any atom is 0.241 e. The van der Waals surface area contributed by atoms with Gasteiger partial charge in [-0.3, -0.25) is 29.0 Å². The van der Waals surface area contributed by atoms with Crippen LogP contribution in [-0.4, -0.2) is 64.8 Å². The third kappa shape index (κ3) is 4.97. The van der Waals surface area contributed by atoms with E-state index in [2.05, 4.69) is 39.0 Å². The Morgan fingerprint density at radius 3 is 2.26 bits per heavy atom. The first-order valence-corrected chi connectivity index (χ1v) is 18.3. The summed E-state index contributed by atoms with van der Waals surface area (Å²) in [6.45, 7) is 4.29. The first-order valence-electron chi connectivity index (χ1n) is 17.5. The number of carbonyl (C=O) groups is 4. The molecular formula is C40H40BrN3O6. The number of piperidine rings is 1. The number of hydrogen-bond acceptors (Lipinski definition) is 7. The second-order valence-corrected chi connectivity index (χ2v) is 15.4. The third-order valence-corrected chi connectivity index (χ3v) is 12.7. The molecule has 0 bridgehead atoms. The van der Waals surface area contributed by atoms with Gasteiger partial charge < -0.3 is 9.84 Å². The molecule has 0 spiro atoms.